The molecule has 28 heavy (non-hydrogen) atoms. The van der Waals surface area contributed by atoms with Crippen molar-refractivity contribution in [2.45, 2.75) is 19.6 Å². The quantitative estimate of drug-likeness (QED) is 0.679. The number of methoxy groups -OCH3 is 1. The summed E-state index contributed by atoms with van der Waals surface area (Å²) in [6.07, 6.45) is 0.679. The topological polar surface area (TPSA) is 73.3 Å². The molecule has 144 valence electrons. The number of carbonyl (C=O) groups is 1. The molecule has 1 N–H and O–H groups in total. The molecule has 0 bridgehead atoms. The van der Waals surface area contributed by atoms with Gasteiger partial charge in [-0.3, -0.25) is 4.79 Å². The fourth-order valence-electron chi connectivity index (χ4n) is 2.53. The molecule has 0 spiro atoms. The summed E-state index contributed by atoms with van der Waals surface area (Å²) >= 11 is 0. The highest BCUT2D eigenvalue weighted by Gasteiger charge is 2.15. The third kappa shape index (κ3) is 5.03. The smallest absolute Gasteiger partial charge is 0.261 e. The van der Waals surface area contributed by atoms with E-state index in [1.807, 2.05) is 24.3 Å². The lowest BCUT2D eigenvalue weighted by Crippen LogP contribution is -2.36. The minimum atomic E-state index is -0.773. The third-order valence-corrected chi connectivity index (χ3v) is 4.03. The van der Waals surface area contributed by atoms with Crippen molar-refractivity contribution < 1.29 is 18.7 Å². The first-order valence-corrected chi connectivity index (χ1v) is 8.70. The van der Waals surface area contributed by atoms with Crippen molar-refractivity contribution in [1.82, 2.24) is 15.3 Å². The SMILES string of the molecule is COc1ccc(-c2cc(CNC(=O)C(C)Oc3cccc(F)c3)ncn2)cc1. The van der Waals surface area contributed by atoms with Gasteiger partial charge in [0, 0.05) is 11.6 Å². The number of aromatic nitrogens is 2. The second-order valence-electron chi connectivity index (χ2n) is 6.06. The number of rotatable bonds is 7. The Morgan fingerprint density at radius 2 is 1.89 bits per heavy atom. The molecule has 3 rings (SSSR count). The predicted octanol–water partition coefficient (Wildman–Crippen LogP) is 3.38. The molecule has 1 aromatic heterocycles. The van der Waals surface area contributed by atoms with E-state index in [-0.39, 0.29) is 12.5 Å². The lowest BCUT2D eigenvalue weighted by Gasteiger charge is -2.14. The van der Waals surface area contributed by atoms with Crippen LogP contribution >= 0.6 is 0 Å². The summed E-state index contributed by atoms with van der Waals surface area (Å²) in [5.74, 6) is 0.315. The van der Waals surface area contributed by atoms with Gasteiger partial charge >= 0.3 is 0 Å². The van der Waals surface area contributed by atoms with Crippen LogP contribution < -0.4 is 14.8 Å². The molecular formula is C21H20FN3O3. The van der Waals surface area contributed by atoms with E-state index in [2.05, 4.69) is 15.3 Å². The van der Waals surface area contributed by atoms with Gasteiger partial charge in [0.25, 0.3) is 5.91 Å². The van der Waals surface area contributed by atoms with Gasteiger partial charge in [0.05, 0.1) is 25.0 Å². The Kier molecular flexibility index (Phi) is 6.16. The summed E-state index contributed by atoms with van der Waals surface area (Å²) < 4.78 is 23.8. The Morgan fingerprint density at radius 1 is 1.11 bits per heavy atom. The monoisotopic (exact) mass is 381 g/mol. The van der Waals surface area contributed by atoms with E-state index in [1.54, 1.807) is 26.2 Å². The second kappa shape index (κ2) is 8.94. The Morgan fingerprint density at radius 3 is 2.61 bits per heavy atom. The number of benzene rings is 2. The zero-order valence-electron chi connectivity index (χ0n) is 15.6. The van der Waals surface area contributed by atoms with Crippen LogP contribution in [0.25, 0.3) is 11.3 Å². The van der Waals surface area contributed by atoms with Gasteiger partial charge in [-0.2, -0.15) is 0 Å². The van der Waals surface area contributed by atoms with Crippen LogP contribution in [0.15, 0.2) is 60.9 Å². The normalized spacial score (nSPS) is 11.5. The maximum atomic E-state index is 13.2. The first-order valence-electron chi connectivity index (χ1n) is 8.70. The van der Waals surface area contributed by atoms with Crippen LogP contribution in [-0.2, 0) is 11.3 Å². The average molecular weight is 381 g/mol. The number of nitrogens with one attached hydrogen (secondary N) is 1. The van der Waals surface area contributed by atoms with Gasteiger partial charge in [-0.1, -0.05) is 6.07 Å². The Bertz CT molecular complexity index is 948. The van der Waals surface area contributed by atoms with Crippen molar-refractivity contribution in [2.24, 2.45) is 0 Å². The number of halogens is 1. The molecule has 2 aromatic carbocycles. The highest BCUT2D eigenvalue weighted by molar-refractivity contribution is 5.80. The molecule has 0 saturated carbocycles. The van der Waals surface area contributed by atoms with Crippen molar-refractivity contribution in [3.8, 4) is 22.8 Å². The van der Waals surface area contributed by atoms with E-state index < -0.39 is 11.9 Å². The number of hydrogen-bond donors (Lipinski definition) is 1. The van der Waals surface area contributed by atoms with E-state index in [0.29, 0.717) is 11.4 Å². The van der Waals surface area contributed by atoms with Gasteiger partial charge in [0.2, 0.25) is 0 Å². The zero-order chi connectivity index (χ0) is 19.9. The Hall–Kier alpha value is -3.48. The molecule has 1 heterocycles. The van der Waals surface area contributed by atoms with Crippen LogP contribution in [0.1, 0.15) is 12.6 Å². The number of hydrogen-bond acceptors (Lipinski definition) is 5. The van der Waals surface area contributed by atoms with Crippen LogP contribution in [-0.4, -0.2) is 29.1 Å². The molecular weight excluding hydrogens is 361 g/mol. The summed E-state index contributed by atoms with van der Waals surface area (Å²) in [7, 11) is 1.61. The van der Waals surface area contributed by atoms with Gasteiger partial charge in [-0.25, -0.2) is 14.4 Å². The van der Waals surface area contributed by atoms with Gasteiger partial charge in [-0.05, 0) is 49.4 Å². The Balaban J connectivity index is 1.60. The lowest BCUT2D eigenvalue weighted by atomic mass is 10.1. The van der Waals surface area contributed by atoms with Crippen LogP contribution in [0.3, 0.4) is 0 Å². The van der Waals surface area contributed by atoms with Crippen molar-refractivity contribution in [3.63, 3.8) is 0 Å². The first kappa shape index (κ1) is 19.3. The molecule has 0 radical (unpaired) electrons. The summed E-state index contributed by atoms with van der Waals surface area (Å²) in [6, 6.07) is 15.0. The molecule has 1 unspecified atom stereocenters. The summed E-state index contributed by atoms with van der Waals surface area (Å²) in [5, 5.41) is 2.76. The van der Waals surface area contributed by atoms with E-state index >= 15 is 0 Å². The third-order valence-electron chi connectivity index (χ3n) is 4.03. The van der Waals surface area contributed by atoms with Gasteiger partial charge in [-0.15, -0.1) is 0 Å². The minimum absolute atomic E-state index is 0.224. The number of amides is 1. The second-order valence-corrected chi connectivity index (χ2v) is 6.06. The molecule has 0 saturated heterocycles. The average Bonchev–Trinajstić information content (AvgIpc) is 2.72. The fraction of sp³-hybridized carbons (Fsp3) is 0.190. The molecule has 3 aromatic rings. The van der Waals surface area contributed by atoms with E-state index in [1.165, 1.54) is 24.5 Å². The van der Waals surface area contributed by atoms with Crippen LogP contribution in [0.4, 0.5) is 4.39 Å². The molecule has 1 amide bonds. The molecule has 1 atom stereocenters. The van der Waals surface area contributed by atoms with Crippen LogP contribution in [0.2, 0.25) is 0 Å². The number of carbonyl (C=O) groups excluding carboxylic acids is 1. The first-order chi connectivity index (χ1) is 13.5. The summed E-state index contributed by atoms with van der Waals surface area (Å²) in [6.45, 7) is 1.82. The minimum Gasteiger partial charge on any atom is -0.497 e. The van der Waals surface area contributed by atoms with Crippen molar-refractivity contribution in [3.05, 3.63) is 72.4 Å². The largest absolute Gasteiger partial charge is 0.497 e. The maximum absolute atomic E-state index is 13.2. The summed E-state index contributed by atoms with van der Waals surface area (Å²) in [5.41, 5.74) is 2.32. The van der Waals surface area contributed by atoms with Gasteiger partial charge in [0.15, 0.2) is 6.10 Å². The van der Waals surface area contributed by atoms with E-state index in [4.69, 9.17) is 9.47 Å². The Labute approximate surface area is 162 Å². The van der Waals surface area contributed by atoms with Crippen LogP contribution in [0, 0.1) is 5.82 Å². The van der Waals surface area contributed by atoms with Gasteiger partial charge in [0.1, 0.15) is 23.6 Å². The van der Waals surface area contributed by atoms with Crippen molar-refractivity contribution in [2.75, 3.05) is 7.11 Å². The van der Waals surface area contributed by atoms with E-state index in [0.717, 1.165) is 17.0 Å². The van der Waals surface area contributed by atoms with Crippen molar-refractivity contribution >= 4 is 5.91 Å². The molecule has 7 heteroatoms. The summed E-state index contributed by atoms with van der Waals surface area (Å²) in [4.78, 5) is 20.7. The standard InChI is InChI=1S/C21H20FN3O3/c1-14(28-19-5-3-4-16(22)10-19)21(26)23-12-17-11-20(25-13-24-17)15-6-8-18(27-2)9-7-15/h3-11,13-14H,12H2,1-2H3,(H,23,26). The molecule has 0 fully saturated rings. The van der Waals surface area contributed by atoms with Crippen molar-refractivity contribution in [1.29, 1.82) is 0 Å². The molecule has 0 aliphatic rings. The molecule has 0 aliphatic heterocycles. The van der Waals surface area contributed by atoms with Crippen LogP contribution in [0.5, 0.6) is 11.5 Å². The predicted molar refractivity (Wildman–Crippen MR) is 102 cm³/mol. The number of nitrogens with zero attached hydrogens (tertiary/aromatic N) is 2. The van der Waals surface area contributed by atoms with E-state index in [9.17, 15) is 9.18 Å². The lowest BCUT2D eigenvalue weighted by molar-refractivity contribution is -0.127. The highest BCUT2D eigenvalue weighted by Crippen LogP contribution is 2.20. The number of ether oxygens (including phenoxy) is 2. The zero-order valence-corrected chi connectivity index (χ0v) is 15.6. The molecule has 6 nitrogen and oxygen atoms in total. The fourth-order valence-corrected chi connectivity index (χ4v) is 2.53. The molecule has 0 aliphatic carbocycles. The highest BCUT2D eigenvalue weighted by atomic mass is 19.1. The van der Waals surface area contributed by atoms with Gasteiger partial charge < -0.3 is 14.8 Å². The maximum Gasteiger partial charge on any atom is 0.261 e.